The average molecular weight is 252 g/mol. The highest BCUT2D eigenvalue weighted by atomic mass is 32.1. The molecule has 92 valence electrons. The first kappa shape index (κ1) is 12.3. The Kier molecular flexibility index (Phi) is 3.59. The third kappa shape index (κ3) is 2.56. The van der Waals surface area contributed by atoms with Crippen LogP contribution < -0.4 is 0 Å². The van der Waals surface area contributed by atoms with Gasteiger partial charge in [-0.25, -0.2) is 9.86 Å². The van der Waals surface area contributed by atoms with Crippen molar-refractivity contribution < 1.29 is 9.63 Å². The highest BCUT2D eigenvalue weighted by molar-refractivity contribution is 7.80. The largest absolute Gasteiger partial charge is 0.344 e. The van der Waals surface area contributed by atoms with Gasteiger partial charge in [0, 0.05) is 11.4 Å². The van der Waals surface area contributed by atoms with Crippen molar-refractivity contribution in [3.63, 3.8) is 0 Å². The van der Waals surface area contributed by atoms with E-state index in [-0.39, 0.29) is 12.1 Å². The number of thiol groups is 1. The van der Waals surface area contributed by atoms with E-state index >= 15 is 0 Å². The minimum atomic E-state index is -0.0741. The molecule has 2 rings (SSSR count). The van der Waals surface area contributed by atoms with Crippen molar-refractivity contribution in [2.24, 2.45) is 0 Å². The zero-order valence-corrected chi connectivity index (χ0v) is 10.9. The molecule has 0 saturated carbocycles. The third-order valence-electron chi connectivity index (χ3n) is 2.93. The second kappa shape index (κ2) is 4.98. The van der Waals surface area contributed by atoms with Crippen molar-refractivity contribution in [3.8, 4) is 0 Å². The summed E-state index contributed by atoms with van der Waals surface area (Å²) >= 11 is 4.24. The first-order chi connectivity index (χ1) is 8.11. The Labute approximate surface area is 107 Å². The molecular weight excluding hydrogens is 236 g/mol. The first-order valence-electron chi connectivity index (χ1n) is 5.52. The standard InChI is InChI=1S/C12H16N2O2S/c1-9-7-14(16-2)12(15)13(9)8-10-3-5-11(17)6-4-10/h3-6,9,17H,7-8H2,1-2H3. The van der Waals surface area contributed by atoms with Gasteiger partial charge in [0.1, 0.15) is 0 Å². The zero-order valence-electron chi connectivity index (χ0n) is 9.96. The Morgan fingerprint density at radius 1 is 1.41 bits per heavy atom. The van der Waals surface area contributed by atoms with E-state index in [2.05, 4.69) is 12.6 Å². The molecule has 1 saturated heterocycles. The lowest BCUT2D eigenvalue weighted by Gasteiger charge is -2.20. The summed E-state index contributed by atoms with van der Waals surface area (Å²) in [5.74, 6) is 0. The highest BCUT2D eigenvalue weighted by Gasteiger charge is 2.34. The second-order valence-electron chi connectivity index (χ2n) is 4.17. The van der Waals surface area contributed by atoms with Crippen LogP contribution in [0.2, 0.25) is 0 Å². The Hall–Kier alpha value is -1.20. The topological polar surface area (TPSA) is 32.8 Å². The molecule has 1 unspecified atom stereocenters. The number of rotatable bonds is 3. The Balaban J connectivity index is 2.08. The number of carbonyl (C=O) groups is 1. The van der Waals surface area contributed by atoms with Crippen LogP contribution in [0.15, 0.2) is 29.2 Å². The predicted molar refractivity (Wildman–Crippen MR) is 67.8 cm³/mol. The number of urea groups is 1. The second-order valence-corrected chi connectivity index (χ2v) is 4.69. The van der Waals surface area contributed by atoms with Crippen LogP contribution in [-0.4, -0.2) is 35.7 Å². The molecule has 0 radical (unpaired) electrons. The number of carbonyl (C=O) groups excluding carboxylic acids is 1. The molecule has 1 aromatic rings. The van der Waals surface area contributed by atoms with Crippen LogP contribution in [0.5, 0.6) is 0 Å². The molecule has 4 nitrogen and oxygen atoms in total. The Bertz CT molecular complexity index is 407. The van der Waals surface area contributed by atoms with Gasteiger partial charge < -0.3 is 4.90 Å². The summed E-state index contributed by atoms with van der Waals surface area (Å²) in [6.45, 7) is 3.23. The number of hydrogen-bond acceptors (Lipinski definition) is 3. The van der Waals surface area contributed by atoms with Crippen molar-refractivity contribution >= 4 is 18.7 Å². The van der Waals surface area contributed by atoms with Crippen LogP contribution in [0, 0.1) is 0 Å². The molecule has 5 heteroatoms. The van der Waals surface area contributed by atoms with Gasteiger partial charge in [-0.1, -0.05) is 12.1 Å². The molecule has 1 heterocycles. The molecule has 1 aliphatic rings. The molecule has 0 aliphatic carbocycles. The van der Waals surface area contributed by atoms with Crippen molar-refractivity contribution in [2.45, 2.75) is 24.4 Å². The Morgan fingerprint density at radius 2 is 2.06 bits per heavy atom. The fraction of sp³-hybridized carbons (Fsp3) is 0.417. The normalized spacial score (nSPS) is 20.2. The third-order valence-corrected chi connectivity index (χ3v) is 3.23. The fourth-order valence-electron chi connectivity index (χ4n) is 1.92. The summed E-state index contributed by atoms with van der Waals surface area (Å²) < 4.78 is 0. The molecule has 1 fully saturated rings. The van der Waals surface area contributed by atoms with Crippen LogP contribution in [0.25, 0.3) is 0 Å². The molecule has 0 N–H and O–H groups in total. The van der Waals surface area contributed by atoms with E-state index in [1.165, 1.54) is 12.2 Å². The lowest BCUT2D eigenvalue weighted by molar-refractivity contribution is -0.0738. The highest BCUT2D eigenvalue weighted by Crippen LogP contribution is 2.19. The first-order valence-corrected chi connectivity index (χ1v) is 5.96. The van der Waals surface area contributed by atoms with Gasteiger partial charge in [-0.3, -0.25) is 4.84 Å². The maximum absolute atomic E-state index is 11.9. The van der Waals surface area contributed by atoms with Gasteiger partial charge in [-0.05, 0) is 24.6 Å². The molecule has 0 bridgehead atoms. The molecule has 1 aromatic carbocycles. The van der Waals surface area contributed by atoms with Crippen molar-refractivity contribution in [3.05, 3.63) is 29.8 Å². The number of hydroxylamine groups is 2. The van der Waals surface area contributed by atoms with E-state index < -0.39 is 0 Å². The molecule has 17 heavy (non-hydrogen) atoms. The van der Waals surface area contributed by atoms with Crippen LogP contribution in [0.3, 0.4) is 0 Å². The minimum Gasteiger partial charge on any atom is -0.314 e. The van der Waals surface area contributed by atoms with Gasteiger partial charge in [0.05, 0.1) is 19.7 Å². The van der Waals surface area contributed by atoms with Gasteiger partial charge in [0.25, 0.3) is 0 Å². The van der Waals surface area contributed by atoms with Crippen molar-refractivity contribution in [1.29, 1.82) is 0 Å². The van der Waals surface area contributed by atoms with Crippen molar-refractivity contribution in [1.82, 2.24) is 9.96 Å². The molecule has 0 spiro atoms. The van der Waals surface area contributed by atoms with Gasteiger partial charge >= 0.3 is 6.03 Å². The summed E-state index contributed by atoms with van der Waals surface area (Å²) in [4.78, 5) is 19.7. The van der Waals surface area contributed by atoms with Crippen LogP contribution >= 0.6 is 12.6 Å². The van der Waals surface area contributed by atoms with Gasteiger partial charge in [0.15, 0.2) is 0 Å². The average Bonchev–Trinajstić information content (AvgIpc) is 2.59. The van der Waals surface area contributed by atoms with E-state index in [0.29, 0.717) is 13.1 Å². The smallest absolute Gasteiger partial charge is 0.314 e. The van der Waals surface area contributed by atoms with Gasteiger partial charge in [0.2, 0.25) is 0 Å². The molecular formula is C12H16N2O2S. The minimum absolute atomic E-state index is 0.0741. The summed E-state index contributed by atoms with van der Waals surface area (Å²) in [5.41, 5.74) is 1.10. The molecule has 2 amide bonds. The maximum Gasteiger partial charge on any atom is 0.344 e. The van der Waals surface area contributed by atoms with Crippen LogP contribution in [-0.2, 0) is 11.4 Å². The molecule has 1 atom stereocenters. The summed E-state index contributed by atoms with van der Waals surface area (Å²) in [5, 5.41) is 1.39. The van der Waals surface area contributed by atoms with E-state index in [0.717, 1.165) is 10.5 Å². The van der Waals surface area contributed by atoms with E-state index in [1.807, 2.05) is 31.2 Å². The number of benzene rings is 1. The van der Waals surface area contributed by atoms with Gasteiger partial charge in [-0.2, -0.15) is 0 Å². The number of amides is 2. The summed E-state index contributed by atoms with van der Waals surface area (Å²) in [6, 6.07) is 7.92. The van der Waals surface area contributed by atoms with E-state index in [4.69, 9.17) is 4.84 Å². The summed E-state index contributed by atoms with van der Waals surface area (Å²) in [6.07, 6.45) is 0. The zero-order chi connectivity index (χ0) is 12.4. The SMILES string of the molecule is CON1CC(C)N(Cc2ccc(S)cc2)C1=O. The number of hydrogen-bond donors (Lipinski definition) is 1. The van der Waals surface area contributed by atoms with E-state index in [9.17, 15) is 4.79 Å². The summed E-state index contributed by atoms with van der Waals surface area (Å²) in [7, 11) is 1.52. The predicted octanol–water partition coefficient (Wildman–Crippen LogP) is 2.16. The quantitative estimate of drug-likeness (QED) is 0.836. The van der Waals surface area contributed by atoms with Crippen LogP contribution in [0.4, 0.5) is 4.79 Å². The molecule has 0 aromatic heterocycles. The molecule has 1 aliphatic heterocycles. The lowest BCUT2D eigenvalue weighted by Crippen LogP contribution is -2.33. The fourth-order valence-corrected chi connectivity index (χ4v) is 2.07. The van der Waals surface area contributed by atoms with E-state index in [1.54, 1.807) is 4.90 Å². The van der Waals surface area contributed by atoms with Crippen molar-refractivity contribution in [2.75, 3.05) is 13.7 Å². The van der Waals surface area contributed by atoms with Crippen LogP contribution in [0.1, 0.15) is 12.5 Å². The lowest BCUT2D eigenvalue weighted by atomic mass is 10.2. The monoisotopic (exact) mass is 252 g/mol. The maximum atomic E-state index is 11.9. The Morgan fingerprint density at radius 3 is 2.59 bits per heavy atom. The number of nitrogens with zero attached hydrogens (tertiary/aromatic N) is 2. The van der Waals surface area contributed by atoms with Gasteiger partial charge in [-0.15, -0.1) is 12.6 Å².